The molecule has 5 atom stereocenters. The number of hydrogen-bond donors (Lipinski definition) is 6. The van der Waals surface area contributed by atoms with Gasteiger partial charge in [0.25, 0.3) is 0 Å². The molecule has 15 heavy (non-hydrogen) atoms. The summed E-state index contributed by atoms with van der Waals surface area (Å²) >= 11 is 0. The standard InChI is InChI=1S/C8H18N2O5/c1-9-3-10-5-7(13)6(12)4(2-11)15-8(5)14/h4-14H,2-3H2,1H3. The summed E-state index contributed by atoms with van der Waals surface area (Å²) in [5.74, 6) is 0. The smallest absolute Gasteiger partial charge is 0.173 e. The quantitative estimate of drug-likeness (QED) is 0.274. The molecule has 0 aromatic heterocycles. The molecule has 0 aliphatic carbocycles. The summed E-state index contributed by atoms with van der Waals surface area (Å²) in [5, 5.41) is 43.0. The molecule has 1 rings (SSSR count). The first-order chi connectivity index (χ1) is 7.11. The Balaban J connectivity index is 2.58. The van der Waals surface area contributed by atoms with Crippen LogP contribution in [-0.4, -0.2) is 71.4 Å². The molecule has 7 nitrogen and oxygen atoms in total. The van der Waals surface area contributed by atoms with Crippen molar-refractivity contribution in [2.24, 2.45) is 0 Å². The largest absolute Gasteiger partial charge is 0.394 e. The Morgan fingerprint density at radius 2 is 1.87 bits per heavy atom. The summed E-state index contributed by atoms with van der Waals surface area (Å²) in [7, 11) is 1.70. The molecule has 0 saturated carbocycles. The van der Waals surface area contributed by atoms with Crippen LogP contribution in [0.4, 0.5) is 0 Å². The molecule has 1 fully saturated rings. The Morgan fingerprint density at radius 1 is 1.20 bits per heavy atom. The Kier molecular flexibility index (Phi) is 4.87. The third-order valence-corrected chi connectivity index (χ3v) is 2.41. The van der Waals surface area contributed by atoms with Crippen LogP contribution >= 0.6 is 0 Å². The summed E-state index contributed by atoms with van der Waals surface area (Å²) in [6, 6.07) is -0.782. The number of hydrogen-bond acceptors (Lipinski definition) is 7. The van der Waals surface area contributed by atoms with E-state index in [0.29, 0.717) is 6.67 Å². The SMILES string of the molecule is CNCNC1C(O)OC(CO)C(O)C1O. The number of aliphatic hydroxyl groups excluding tert-OH is 4. The van der Waals surface area contributed by atoms with E-state index in [1.807, 2.05) is 0 Å². The van der Waals surface area contributed by atoms with Gasteiger partial charge in [-0.2, -0.15) is 0 Å². The highest BCUT2D eigenvalue weighted by Crippen LogP contribution is 2.19. The number of ether oxygens (including phenoxy) is 1. The van der Waals surface area contributed by atoms with Crippen molar-refractivity contribution in [3.63, 3.8) is 0 Å². The van der Waals surface area contributed by atoms with Crippen LogP contribution in [0.25, 0.3) is 0 Å². The predicted molar refractivity (Wildman–Crippen MR) is 50.8 cm³/mol. The van der Waals surface area contributed by atoms with E-state index in [-0.39, 0.29) is 0 Å². The van der Waals surface area contributed by atoms with Gasteiger partial charge in [0, 0.05) is 6.67 Å². The van der Waals surface area contributed by atoms with Crippen molar-refractivity contribution in [3.05, 3.63) is 0 Å². The molecule has 90 valence electrons. The van der Waals surface area contributed by atoms with Crippen LogP contribution in [0.1, 0.15) is 0 Å². The molecule has 0 aromatic carbocycles. The van der Waals surface area contributed by atoms with Crippen LogP contribution in [0.3, 0.4) is 0 Å². The van der Waals surface area contributed by atoms with Gasteiger partial charge in [-0.25, -0.2) is 0 Å². The second-order valence-corrected chi connectivity index (χ2v) is 3.49. The van der Waals surface area contributed by atoms with Crippen LogP contribution in [0.15, 0.2) is 0 Å². The second kappa shape index (κ2) is 5.71. The van der Waals surface area contributed by atoms with E-state index >= 15 is 0 Å². The van der Waals surface area contributed by atoms with Crippen LogP contribution in [0.5, 0.6) is 0 Å². The van der Waals surface area contributed by atoms with E-state index in [1.54, 1.807) is 7.05 Å². The van der Waals surface area contributed by atoms with Crippen molar-refractivity contribution >= 4 is 0 Å². The summed E-state index contributed by atoms with van der Waals surface area (Å²) < 4.78 is 4.93. The third-order valence-electron chi connectivity index (χ3n) is 2.41. The molecule has 5 unspecified atom stereocenters. The minimum absolute atomic E-state index is 0.360. The summed E-state index contributed by atoms with van der Waals surface area (Å²) in [6.45, 7) is -0.0906. The van der Waals surface area contributed by atoms with Gasteiger partial charge in [-0.05, 0) is 7.05 Å². The number of aliphatic hydroxyl groups is 4. The Morgan fingerprint density at radius 3 is 2.40 bits per heavy atom. The van der Waals surface area contributed by atoms with Gasteiger partial charge < -0.3 is 30.5 Å². The molecule has 1 saturated heterocycles. The average molecular weight is 222 g/mol. The first-order valence-corrected chi connectivity index (χ1v) is 4.80. The molecule has 0 radical (unpaired) electrons. The molecule has 1 heterocycles. The first kappa shape index (κ1) is 12.8. The fourth-order valence-electron chi connectivity index (χ4n) is 1.54. The van der Waals surface area contributed by atoms with E-state index in [1.165, 1.54) is 0 Å². The minimum atomic E-state index is -1.26. The van der Waals surface area contributed by atoms with Gasteiger partial charge in [-0.1, -0.05) is 0 Å². The molecule has 6 N–H and O–H groups in total. The Hall–Kier alpha value is -0.280. The zero-order chi connectivity index (χ0) is 11.4. The fraction of sp³-hybridized carbons (Fsp3) is 1.00. The molecular weight excluding hydrogens is 204 g/mol. The van der Waals surface area contributed by atoms with E-state index in [9.17, 15) is 15.3 Å². The molecule has 1 aliphatic rings. The molecule has 7 heteroatoms. The van der Waals surface area contributed by atoms with E-state index < -0.39 is 37.3 Å². The Labute approximate surface area is 87.7 Å². The van der Waals surface area contributed by atoms with Gasteiger partial charge in [0.05, 0.1) is 12.6 Å². The van der Waals surface area contributed by atoms with Crippen molar-refractivity contribution in [2.75, 3.05) is 20.3 Å². The second-order valence-electron chi connectivity index (χ2n) is 3.49. The molecule has 0 spiro atoms. The lowest BCUT2D eigenvalue weighted by Gasteiger charge is -2.40. The lowest BCUT2D eigenvalue weighted by Crippen LogP contribution is -2.64. The lowest BCUT2D eigenvalue weighted by atomic mass is 9.97. The topological polar surface area (TPSA) is 114 Å². The highest BCUT2D eigenvalue weighted by atomic mass is 16.6. The fourth-order valence-corrected chi connectivity index (χ4v) is 1.54. The van der Waals surface area contributed by atoms with E-state index in [2.05, 4.69) is 10.6 Å². The third kappa shape index (κ3) is 2.85. The van der Waals surface area contributed by atoms with E-state index in [0.717, 1.165) is 0 Å². The Bertz CT molecular complexity index is 194. The van der Waals surface area contributed by atoms with E-state index in [4.69, 9.17) is 9.84 Å². The maximum absolute atomic E-state index is 9.64. The van der Waals surface area contributed by atoms with Crippen molar-refractivity contribution in [3.8, 4) is 0 Å². The van der Waals surface area contributed by atoms with Crippen LogP contribution < -0.4 is 10.6 Å². The average Bonchev–Trinajstić information content (AvgIpc) is 2.23. The van der Waals surface area contributed by atoms with Gasteiger partial charge in [0.15, 0.2) is 6.29 Å². The molecule has 1 aliphatic heterocycles. The minimum Gasteiger partial charge on any atom is -0.394 e. The highest BCUT2D eigenvalue weighted by molar-refractivity contribution is 4.92. The lowest BCUT2D eigenvalue weighted by molar-refractivity contribution is -0.254. The van der Waals surface area contributed by atoms with Gasteiger partial charge in [-0.3, -0.25) is 5.32 Å². The maximum atomic E-state index is 9.64. The van der Waals surface area contributed by atoms with Gasteiger partial charge in [-0.15, -0.1) is 0 Å². The number of rotatable bonds is 4. The normalized spacial score (nSPS) is 41.8. The summed E-state index contributed by atoms with van der Waals surface area (Å²) in [4.78, 5) is 0. The zero-order valence-corrected chi connectivity index (χ0v) is 8.50. The van der Waals surface area contributed by atoms with Crippen LogP contribution in [0.2, 0.25) is 0 Å². The van der Waals surface area contributed by atoms with Crippen molar-refractivity contribution in [1.29, 1.82) is 0 Å². The summed E-state index contributed by atoms with van der Waals surface area (Å²) in [5.41, 5.74) is 0. The van der Waals surface area contributed by atoms with Gasteiger partial charge in [0.2, 0.25) is 0 Å². The van der Waals surface area contributed by atoms with Crippen molar-refractivity contribution in [1.82, 2.24) is 10.6 Å². The molecule has 0 amide bonds. The monoisotopic (exact) mass is 222 g/mol. The molecule has 0 aromatic rings. The molecule has 0 bridgehead atoms. The maximum Gasteiger partial charge on any atom is 0.173 e. The molecular formula is C8H18N2O5. The van der Waals surface area contributed by atoms with Gasteiger partial charge >= 0.3 is 0 Å². The van der Waals surface area contributed by atoms with Gasteiger partial charge in [0.1, 0.15) is 18.3 Å². The number of nitrogens with one attached hydrogen (secondary N) is 2. The summed E-state index contributed by atoms with van der Waals surface area (Å²) in [6.07, 6.45) is -4.61. The van der Waals surface area contributed by atoms with Crippen molar-refractivity contribution < 1.29 is 25.2 Å². The zero-order valence-electron chi connectivity index (χ0n) is 8.50. The van der Waals surface area contributed by atoms with Crippen molar-refractivity contribution in [2.45, 2.75) is 30.6 Å². The first-order valence-electron chi connectivity index (χ1n) is 4.80. The predicted octanol–water partition coefficient (Wildman–Crippen LogP) is -3.45. The van der Waals surface area contributed by atoms with Crippen LogP contribution in [-0.2, 0) is 4.74 Å². The van der Waals surface area contributed by atoms with Crippen LogP contribution in [0, 0.1) is 0 Å². The highest BCUT2D eigenvalue weighted by Gasteiger charge is 2.43.